The third kappa shape index (κ3) is 42.9. The Balaban J connectivity index is 3.39. The highest BCUT2D eigenvalue weighted by atomic mass is 16.6. The van der Waals surface area contributed by atoms with Crippen LogP contribution in [-0.2, 0) is 14.3 Å². The van der Waals surface area contributed by atoms with E-state index >= 15 is 0 Å². The van der Waals surface area contributed by atoms with Gasteiger partial charge in [-0.05, 0) is 64.2 Å². The smallest absolute Gasteiger partial charge is 0.306 e. The van der Waals surface area contributed by atoms with Crippen molar-refractivity contribution in [1.29, 1.82) is 0 Å². The van der Waals surface area contributed by atoms with Crippen molar-refractivity contribution < 1.29 is 19.4 Å². The summed E-state index contributed by atoms with van der Waals surface area (Å²) in [7, 11) is 0. The van der Waals surface area contributed by atoms with Gasteiger partial charge in [0.15, 0.2) is 0 Å². The van der Waals surface area contributed by atoms with Crippen LogP contribution in [-0.4, -0.2) is 37.0 Å². The molecule has 0 bridgehead atoms. The highest BCUT2D eigenvalue weighted by Crippen LogP contribution is 2.15. The van der Waals surface area contributed by atoms with Gasteiger partial charge < -0.3 is 14.6 Å². The number of hydrogen-bond donors (Lipinski definition) is 1. The van der Waals surface area contributed by atoms with E-state index in [9.17, 15) is 9.90 Å². The fourth-order valence-corrected chi connectivity index (χ4v) is 6.54. The first-order chi connectivity index (χ1) is 25.2. The molecule has 0 radical (unpaired) electrons. The minimum Gasteiger partial charge on any atom is -0.457 e. The van der Waals surface area contributed by atoms with Gasteiger partial charge in [-0.25, -0.2) is 0 Å². The number of ether oxygens (including phenoxy) is 2. The van der Waals surface area contributed by atoms with Crippen molar-refractivity contribution in [2.45, 2.75) is 238 Å². The molecular weight excluding hydrogens is 629 g/mol. The summed E-state index contributed by atoms with van der Waals surface area (Å²) in [4.78, 5) is 12.2. The Bertz CT molecular complexity index is 757. The molecular formula is C47H88O4. The van der Waals surface area contributed by atoms with E-state index in [1.165, 1.54) is 186 Å². The lowest BCUT2D eigenvalue weighted by Crippen LogP contribution is -2.27. The minimum atomic E-state index is -0.538. The van der Waals surface area contributed by atoms with Gasteiger partial charge in [0.2, 0.25) is 0 Å². The zero-order chi connectivity index (χ0) is 37.0. The van der Waals surface area contributed by atoms with E-state index in [0.29, 0.717) is 19.6 Å². The Kier molecular flexibility index (Phi) is 43.5. The van der Waals surface area contributed by atoms with Crippen molar-refractivity contribution in [2.24, 2.45) is 0 Å². The van der Waals surface area contributed by atoms with Gasteiger partial charge in [0.05, 0.1) is 13.2 Å². The summed E-state index contributed by atoms with van der Waals surface area (Å²) >= 11 is 0. The Morgan fingerprint density at radius 1 is 0.471 bits per heavy atom. The second-order valence-electron chi connectivity index (χ2n) is 15.1. The lowest BCUT2D eigenvalue weighted by atomic mass is 10.0. The summed E-state index contributed by atoms with van der Waals surface area (Å²) in [6, 6.07) is 0. The summed E-state index contributed by atoms with van der Waals surface area (Å²) in [5.74, 6) is -0.203. The van der Waals surface area contributed by atoms with Crippen LogP contribution >= 0.6 is 0 Å². The molecule has 0 saturated heterocycles. The van der Waals surface area contributed by atoms with Crippen molar-refractivity contribution in [3.63, 3.8) is 0 Å². The molecule has 1 unspecified atom stereocenters. The molecule has 0 saturated carbocycles. The van der Waals surface area contributed by atoms with Crippen LogP contribution in [0.15, 0.2) is 36.5 Å². The highest BCUT2D eigenvalue weighted by molar-refractivity contribution is 5.69. The molecule has 0 rings (SSSR count). The molecule has 0 fully saturated rings. The van der Waals surface area contributed by atoms with E-state index in [4.69, 9.17) is 9.47 Å². The largest absolute Gasteiger partial charge is 0.457 e. The van der Waals surface area contributed by atoms with Gasteiger partial charge in [-0.3, -0.25) is 4.79 Å². The monoisotopic (exact) mass is 717 g/mol. The number of esters is 1. The first kappa shape index (κ1) is 49.6. The predicted molar refractivity (Wildman–Crippen MR) is 224 cm³/mol. The van der Waals surface area contributed by atoms with Crippen molar-refractivity contribution in [2.75, 3.05) is 19.8 Å². The number of allylic oxidation sites excluding steroid dienone is 6. The number of aliphatic hydroxyl groups excluding tert-OH is 1. The van der Waals surface area contributed by atoms with E-state index in [-0.39, 0.29) is 12.6 Å². The van der Waals surface area contributed by atoms with Gasteiger partial charge >= 0.3 is 5.97 Å². The predicted octanol–water partition coefficient (Wildman–Crippen LogP) is 14.9. The summed E-state index contributed by atoms with van der Waals surface area (Å²) in [5, 5.41) is 9.60. The molecule has 4 heteroatoms. The third-order valence-corrected chi connectivity index (χ3v) is 9.92. The van der Waals surface area contributed by atoms with E-state index in [0.717, 1.165) is 25.7 Å². The lowest BCUT2D eigenvalue weighted by molar-refractivity contribution is -0.154. The summed E-state index contributed by atoms with van der Waals surface area (Å²) in [5.41, 5.74) is 0. The molecule has 0 aliphatic rings. The van der Waals surface area contributed by atoms with Crippen molar-refractivity contribution in [1.82, 2.24) is 0 Å². The molecule has 1 atom stereocenters. The molecule has 0 aromatic carbocycles. The quantitative estimate of drug-likeness (QED) is 0.0388. The Morgan fingerprint density at radius 2 is 0.863 bits per heavy atom. The van der Waals surface area contributed by atoms with Gasteiger partial charge in [-0.15, -0.1) is 0 Å². The highest BCUT2D eigenvalue weighted by Gasteiger charge is 2.13. The van der Waals surface area contributed by atoms with Crippen LogP contribution in [0.25, 0.3) is 0 Å². The van der Waals surface area contributed by atoms with Crippen LogP contribution in [0.4, 0.5) is 0 Å². The van der Waals surface area contributed by atoms with Crippen LogP contribution < -0.4 is 0 Å². The van der Waals surface area contributed by atoms with Gasteiger partial charge in [-0.1, -0.05) is 198 Å². The SMILES string of the molecule is CCC/C=C\C/C=C\CCCCCCCCOCC(CO)OC(=O)CCCCCCCCCCCCCCC/C=C\CCCCCCCCCC. The zero-order valence-electron chi connectivity index (χ0n) is 34.4. The Hall–Kier alpha value is -1.39. The first-order valence-corrected chi connectivity index (χ1v) is 22.6. The molecule has 0 aromatic heterocycles. The molecule has 0 spiro atoms. The maximum absolute atomic E-state index is 12.2. The maximum atomic E-state index is 12.2. The van der Waals surface area contributed by atoms with Crippen LogP contribution in [0, 0.1) is 0 Å². The minimum absolute atomic E-state index is 0.174. The van der Waals surface area contributed by atoms with Gasteiger partial charge in [-0.2, -0.15) is 0 Å². The molecule has 1 N–H and O–H groups in total. The first-order valence-electron chi connectivity index (χ1n) is 22.6. The van der Waals surface area contributed by atoms with E-state index < -0.39 is 6.10 Å². The number of unbranched alkanes of at least 4 members (excludes halogenated alkanes) is 28. The van der Waals surface area contributed by atoms with Crippen LogP contribution in [0.5, 0.6) is 0 Å². The average molecular weight is 717 g/mol. The number of carbonyl (C=O) groups is 1. The van der Waals surface area contributed by atoms with Crippen LogP contribution in [0.2, 0.25) is 0 Å². The standard InChI is InChI=1S/C47H88O4/c1-3-5-7-9-11-13-15-17-19-20-21-22-23-24-25-26-27-28-29-30-32-34-36-38-40-42-47(49)51-46(44-48)45-50-43-41-39-37-35-33-31-18-16-14-12-10-8-6-4-2/h8,10,14,16,20-21,46,48H,3-7,9,11-13,15,17-19,22-45H2,1-2H3/b10-8-,16-14-,21-20-. The van der Waals surface area contributed by atoms with Gasteiger partial charge in [0.25, 0.3) is 0 Å². The van der Waals surface area contributed by atoms with Crippen LogP contribution in [0.1, 0.15) is 232 Å². The Labute approximate surface area is 319 Å². The summed E-state index contributed by atoms with van der Waals surface area (Å²) in [6.45, 7) is 5.28. The summed E-state index contributed by atoms with van der Waals surface area (Å²) in [6.07, 6.45) is 56.5. The topological polar surface area (TPSA) is 55.8 Å². The zero-order valence-corrected chi connectivity index (χ0v) is 34.4. The second kappa shape index (κ2) is 44.8. The van der Waals surface area contributed by atoms with Crippen LogP contribution in [0.3, 0.4) is 0 Å². The molecule has 0 amide bonds. The molecule has 4 nitrogen and oxygen atoms in total. The van der Waals surface area contributed by atoms with Crippen molar-refractivity contribution in [3.05, 3.63) is 36.5 Å². The molecule has 51 heavy (non-hydrogen) atoms. The molecule has 0 heterocycles. The second-order valence-corrected chi connectivity index (χ2v) is 15.1. The lowest BCUT2D eigenvalue weighted by Gasteiger charge is -2.15. The number of hydrogen-bond acceptors (Lipinski definition) is 4. The molecule has 0 aromatic rings. The molecule has 300 valence electrons. The van der Waals surface area contributed by atoms with Crippen molar-refractivity contribution >= 4 is 5.97 Å². The van der Waals surface area contributed by atoms with Gasteiger partial charge in [0, 0.05) is 13.0 Å². The van der Waals surface area contributed by atoms with E-state index in [2.05, 4.69) is 50.3 Å². The number of rotatable bonds is 42. The van der Waals surface area contributed by atoms with Gasteiger partial charge in [0.1, 0.15) is 6.10 Å². The maximum Gasteiger partial charge on any atom is 0.306 e. The third-order valence-electron chi connectivity index (χ3n) is 9.92. The summed E-state index contributed by atoms with van der Waals surface area (Å²) < 4.78 is 11.2. The number of aliphatic hydroxyl groups is 1. The fourth-order valence-electron chi connectivity index (χ4n) is 6.54. The normalized spacial score (nSPS) is 12.6. The fraction of sp³-hybridized carbons (Fsp3) is 0.851. The van der Waals surface area contributed by atoms with Crippen molar-refractivity contribution in [3.8, 4) is 0 Å². The average Bonchev–Trinajstić information content (AvgIpc) is 3.14. The Morgan fingerprint density at radius 3 is 1.31 bits per heavy atom. The van der Waals surface area contributed by atoms with E-state index in [1.54, 1.807) is 0 Å². The van der Waals surface area contributed by atoms with E-state index in [1.807, 2.05) is 0 Å². The molecule has 0 aliphatic carbocycles. The number of carbonyl (C=O) groups excluding carboxylic acids is 1. The molecule has 0 aliphatic heterocycles.